The normalized spacial score (nSPS) is 7.10. The highest BCUT2D eigenvalue weighted by molar-refractivity contribution is 5.70. The lowest BCUT2D eigenvalue weighted by molar-refractivity contribution is -0.136. The average molecular weight is 296 g/mol. The minimum Gasteiger partial charge on any atom is -0.481 e. The average Bonchev–Trinajstić information content (AvgIpc) is 2.50. The first kappa shape index (κ1) is 27.7. The summed E-state index contributed by atoms with van der Waals surface area (Å²) in [6, 6.07) is 5.73. The minimum atomic E-state index is -0.779. The highest BCUT2D eigenvalue weighted by Crippen LogP contribution is 2.09. The number of carbonyl (C=O) groups is 1. The van der Waals surface area contributed by atoms with E-state index in [1.165, 1.54) is 5.56 Å². The third-order valence-corrected chi connectivity index (χ3v) is 1.93. The minimum absolute atomic E-state index is 0.112. The lowest BCUT2D eigenvalue weighted by atomic mass is 10.0. The molecular formula is C19H36O2. The van der Waals surface area contributed by atoms with Crippen LogP contribution in [-0.2, 0) is 11.2 Å². The van der Waals surface area contributed by atoms with E-state index in [-0.39, 0.29) is 6.42 Å². The van der Waals surface area contributed by atoms with E-state index >= 15 is 0 Å². The number of allylic oxidation sites excluding steroid dienone is 1. The van der Waals surface area contributed by atoms with E-state index in [4.69, 9.17) is 5.11 Å². The van der Waals surface area contributed by atoms with Crippen LogP contribution in [0.5, 0.6) is 0 Å². The Kier molecular flexibility index (Phi) is 31.0. The van der Waals surface area contributed by atoms with Crippen LogP contribution < -0.4 is 0 Å². The molecule has 1 N–H and O–H groups in total. The molecule has 2 nitrogen and oxygen atoms in total. The first-order chi connectivity index (χ1) is 10.0. The van der Waals surface area contributed by atoms with Gasteiger partial charge < -0.3 is 5.11 Å². The molecular weight excluding hydrogens is 260 g/mol. The van der Waals surface area contributed by atoms with Crippen LogP contribution in [0.4, 0.5) is 0 Å². The summed E-state index contributed by atoms with van der Waals surface area (Å²) >= 11 is 0. The first-order valence-electron chi connectivity index (χ1n) is 7.86. The van der Waals surface area contributed by atoms with Gasteiger partial charge in [0.2, 0.25) is 0 Å². The molecule has 0 spiro atoms. The molecule has 0 heterocycles. The number of hydrogen-bond donors (Lipinski definition) is 1. The predicted octanol–water partition coefficient (Wildman–Crippen LogP) is 6.20. The molecule has 0 bridgehead atoms. The third kappa shape index (κ3) is 20.9. The molecule has 0 fully saturated rings. The number of carboxylic acids is 1. The zero-order chi connectivity index (χ0) is 17.8. The van der Waals surface area contributed by atoms with E-state index in [1.54, 1.807) is 6.08 Å². The largest absolute Gasteiger partial charge is 0.481 e. The molecule has 0 unspecified atom stereocenters. The number of rotatable bonds is 2. The second kappa shape index (κ2) is 23.5. The molecule has 1 aromatic rings. The van der Waals surface area contributed by atoms with Crippen molar-refractivity contribution in [1.29, 1.82) is 0 Å². The zero-order valence-electron chi connectivity index (χ0n) is 15.6. The van der Waals surface area contributed by atoms with Crippen LogP contribution in [0.2, 0.25) is 0 Å². The molecule has 0 atom stereocenters. The van der Waals surface area contributed by atoms with Crippen molar-refractivity contribution in [2.75, 3.05) is 0 Å². The summed E-state index contributed by atoms with van der Waals surface area (Å²) in [5.41, 5.74) is 3.21. The molecule has 2 heteroatoms. The van der Waals surface area contributed by atoms with E-state index in [0.717, 1.165) is 11.1 Å². The summed E-state index contributed by atoms with van der Waals surface area (Å²) < 4.78 is 0. The van der Waals surface area contributed by atoms with Crippen molar-refractivity contribution in [2.45, 2.75) is 68.7 Å². The second-order valence-corrected chi connectivity index (χ2v) is 3.40. The summed E-state index contributed by atoms with van der Waals surface area (Å²) in [6.45, 7) is 21.3. The van der Waals surface area contributed by atoms with Crippen molar-refractivity contribution >= 4 is 5.97 Å². The van der Waals surface area contributed by atoms with Gasteiger partial charge in [0.05, 0.1) is 6.42 Å². The smallest absolute Gasteiger partial charge is 0.307 e. The Morgan fingerprint density at radius 1 is 1.05 bits per heavy atom. The maximum absolute atomic E-state index is 10.4. The molecule has 0 aromatic heterocycles. The summed E-state index contributed by atoms with van der Waals surface area (Å²) in [5.74, 6) is -0.779. The Balaban J connectivity index is -0.000000136. The zero-order valence-corrected chi connectivity index (χ0v) is 15.6. The molecule has 124 valence electrons. The molecule has 0 saturated carbocycles. The van der Waals surface area contributed by atoms with E-state index in [9.17, 15) is 4.79 Å². The fourth-order valence-corrected chi connectivity index (χ4v) is 1.09. The lowest BCUT2D eigenvalue weighted by Gasteiger charge is -2.01. The van der Waals surface area contributed by atoms with Crippen LogP contribution in [0.3, 0.4) is 0 Å². The number of aliphatic carboxylic acids is 1. The Hall–Kier alpha value is -1.57. The predicted molar refractivity (Wildman–Crippen MR) is 97.2 cm³/mol. The Labute approximate surface area is 132 Å². The van der Waals surface area contributed by atoms with Crippen molar-refractivity contribution < 1.29 is 9.90 Å². The van der Waals surface area contributed by atoms with Crippen LogP contribution in [0.15, 0.2) is 30.9 Å². The van der Waals surface area contributed by atoms with E-state index in [2.05, 4.69) is 6.58 Å². The molecule has 21 heavy (non-hydrogen) atoms. The van der Waals surface area contributed by atoms with Gasteiger partial charge in [0.15, 0.2) is 0 Å². The summed E-state index contributed by atoms with van der Waals surface area (Å²) in [6.07, 6.45) is 1.86. The fourth-order valence-electron chi connectivity index (χ4n) is 1.09. The quantitative estimate of drug-likeness (QED) is 0.659. The van der Waals surface area contributed by atoms with Gasteiger partial charge in [-0.3, -0.25) is 4.79 Å². The van der Waals surface area contributed by atoms with E-state index < -0.39 is 5.97 Å². The van der Waals surface area contributed by atoms with Crippen LogP contribution >= 0.6 is 0 Å². The van der Waals surface area contributed by atoms with Gasteiger partial charge in [-0.05, 0) is 37.5 Å². The Morgan fingerprint density at radius 2 is 1.43 bits per heavy atom. The Bertz CT molecular complexity index is 341. The third-order valence-electron chi connectivity index (χ3n) is 1.93. The van der Waals surface area contributed by atoms with Crippen LogP contribution in [0.1, 0.15) is 65.2 Å². The van der Waals surface area contributed by atoms with Crippen molar-refractivity contribution in [3.8, 4) is 0 Å². The van der Waals surface area contributed by atoms with Crippen molar-refractivity contribution in [2.24, 2.45) is 0 Å². The highest BCUT2D eigenvalue weighted by Gasteiger charge is 2.00. The molecule has 1 aromatic carbocycles. The summed E-state index contributed by atoms with van der Waals surface area (Å²) in [7, 11) is 0. The monoisotopic (exact) mass is 296 g/mol. The van der Waals surface area contributed by atoms with Crippen molar-refractivity contribution in [3.05, 3.63) is 47.5 Å². The second-order valence-electron chi connectivity index (χ2n) is 3.40. The molecule has 0 saturated heterocycles. The first-order valence-corrected chi connectivity index (χ1v) is 7.86. The maximum atomic E-state index is 10.4. The SMILES string of the molecule is C=CC.CC.CC.CC.Cc1ccc(CC(=O)O)cc1C. The number of aryl methyl sites for hydroxylation is 2. The molecule has 1 rings (SSSR count). The molecule has 0 aliphatic carbocycles. The summed E-state index contributed by atoms with van der Waals surface area (Å²) in [5, 5.41) is 8.53. The molecule has 0 amide bonds. The molecule has 0 radical (unpaired) electrons. The van der Waals surface area contributed by atoms with Crippen molar-refractivity contribution in [1.82, 2.24) is 0 Å². The number of carboxylic acid groups (broad SMARTS) is 1. The van der Waals surface area contributed by atoms with Gasteiger partial charge in [0, 0.05) is 0 Å². The fraction of sp³-hybridized carbons (Fsp3) is 0.526. The standard InChI is InChI=1S/C10H12O2.C3H6.3C2H6/c1-7-3-4-9(5-8(7)2)6-10(11)12;1-3-2;3*1-2/h3-5H,6H2,1-2H3,(H,11,12);3H,1H2,2H3;3*1-2H3. The topological polar surface area (TPSA) is 37.3 Å². The van der Waals surface area contributed by atoms with E-state index in [0.29, 0.717) is 0 Å². The van der Waals surface area contributed by atoms with Gasteiger partial charge in [-0.25, -0.2) is 0 Å². The number of hydrogen-bond acceptors (Lipinski definition) is 1. The van der Waals surface area contributed by atoms with Crippen molar-refractivity contribution in [3.63, 3.8) is 0 Å². The Morgan fingerprint density at radius 3 is 1.71 bits per heavy atom. The molecule has 0 aliphatic rings. The molecule has 0 aliphatic heterocycles. The van der Waals surface area contributed by atoms with Crippen LogP contribution in [0, 0.1) is 13.8 Å². The van der Waals surface area contributed by atoms with Gasteiger partial charge >= 0.3 is 5.97 Å². The summed E-state index contributed by atoms with van der Waals surface area (Å²) in [4.78, 5) is 10.4. The van der Waals surface area contributed by atoms with Gasteiger partial charge in [0.25, 0.3) is 0 Å². The maximum Gasteiger partial charge on any atom is 0.307 e. The van der Waals surface area contributed by atoms with Gasteiger partial charge in [-0.1, -0.05) is 65.8 Å². The van der Waals surface area contributed by atoms with E-state index in [1.807, 2.05) is 80.5 Å². The van der Waals surface area contributed by atoms with Gasteiger partial charge in [0.1, 0.15) is 0 Å². The number of benzene rings is 1. The van der Waals surface area contributed by atoms with Crippen LogP contribution in [-0.4, -0.2) is 11.1 Å². The van der Waals surface area contributed by atoms with Gasteiger partial charge in [-0.15, -0.1) is 6.58 Å². The van der Waals surface area contributed by atoms with Crippen LogP contribution in [0.25, 0.3) is 0 Å². The highest BCUT2D eigenvalue weighted by atomic mass is 16.4. The van der Waals surface area contributed by atoms with Gasteiger partial charge in [-0.2, -0.15) is 0 Å². The lowest BCUT2D eigenvalue weighted by Crippen LogP contribution is -2.00.